The molecule has 0 aromatic heterocycles. The quantitative estimate of drug-likeness (QED) is 0.311. The summed E-state index contributed by atoms with van der Waals surface area (Å²) in [7, 11) is 0. The molecule has 0 saturated heterocycles. The summed E-state index contributed by atoms with van der Waals surface area (Å²) < 4.78 is 0. The van der Waals surface area contributed by atoms with E-state index in [-0.39, 0.29) is 0 Å². The first-order chi connectivity index (χ1) is 3.91. The minimum absolute atomic E-state index is 0.518. The fourth-order valence-electron chi connectivity index (χ4n) is 0.199. The predicted molar refractivity (Wildman–Crippen MR) is 29.0 cm³/mol. The van der Waals surface area contributed by atoms with Crippen LogP contribution in [0.5, 0.6) is 0 Å². The molecule has 0 N–H and O–H groups in total. The average molecular weight is 120 g/mol. The Morgan fingerprint density at radius 3 is 2.38 bits per heavy atom. The highest BCUT2D eigenvalue weighted by atomic mass is 17.5. The van der Waals surface area contributed by atoms with Crippen molar-refractivity contribution in [2.45, 2.75) is 20.3 Å². The van der Waals surface area contributed by atoms with Gasteiger partial charge in [-0.1, -0.05) is 12.0 Å². The Balaban J connectivity index is 2.53. The SMILES string of the molecule is CCCOOOCC. The molecule has 0 aliphatic rings. The zero-order valence-corrected chi connectivity index (χ0v) is 5.35. The molecule has 0 aromatic rings. The average Bonchev–Trinajstić information content (AvgIpc) is 1.81. The Hall–Kier alpha value is -0.120. The first-order valence-electron chi connectivity index (χ1n) is 2.82. The van der Waals surface area contributed by atoms with Gasteiger partial charge >= 0.3 is 0 Å². The lowest BCUT2D eigenvalue weighted by Gasteiger charge is -1.96. The largest absolute Gasteiger partial charge is 0.206 e. The molecule has 50 valence electrons. The van der Waals surface area contributed by atoms with Crippen LogP contribution in [-0.2, 0) is 14.8 Å². The van der Waals surface area contributed by atoms with E-state index in [2.05, 4.69) is 14.8 Å². The van der Waals surface area contributed by atoms with Gasteiger partial charge in [-0.15, -0.1) is 0 Å². The predicted octanol–water partition coefficient (Wildman–Crippen LogP) is 1.30. The van der Waals surface area contributed by atoms with Gasteiger partial charge in [0, 0.05) is 0 Å². The van der Waals surface area contributed by atoms with Crippen LogP contribution in [0.2, 0.25) is 0 Å². The van der Waals surface area contributed by atoms with E-state index in [1.165, 1.54) is 0 Å². The van der Waals surface area contributed by atoms with Gasteiger partial charge in [0.2, 0.25) is 0 Å². The Bertz CT molecular complexity index is 32.7. The van der Waals surface area contributed by atoms with Gasteiger partial charge in [-0.05, 0) is 13.3 Å². The zero-order chi connectivity index (χ0) is 6.24. The van der Waals surface area contributed by atoms with E-state index in [1.807, 2.05) is 13.8 Å². The molecule has 0 aliphatic heterocycles. The topological polar surface area (TPSA) is 27.7 Å². The van der Waals surface area contributed by atoms with Crippen LogP contribution in [0.4, 0.5) is 0 Å². The van der Waals surface area contributed by atoms with E-state index in [1.54, 1.807) is 0 Å². The Labute approximate surface area is 49.4 Å². The highest BCUT2D eigenvalue weighted by Gasteiger charge is 1.81. The maximum atomic E-state index is 4.50. The van der Waals surface area contributed by atoms with Crippen molar-refractivity contribution in [3.63, 3.8) is 0 Å². The van der Waals surface area contributed by atoms with E-state index in [0.29, 0.717) is 13.2 Å². The van der Waals surface area contributed by atoms with Crippen molar-refractivity contribution in [1.82, 2.24) is 0 Å². The molecule has 0 spiro atoms. The monoisotopic (exact) mass is 120 g/mol. The second kappa shape index (κ2) is 6.88. The minimum Gasteiger partial charge on any atom is -0.206 e. The number of rotatable bonds is 5. The molecular weight excluding hydrogens is 108 g/mol. The molecule has 0 bridgehead atoms. The lowest BCUT2D eigenvalue weighted by Crippen LogP contribution is -1.96. The maximum absolute atomic E-state index is 4.50. The standard InChI is InChI=1S/C5H12O3/c1-3-5-7-8-6-4-2/h3-5H2,1-2H3. The van der Waals surface area contributed by atoms with Crippen LogP contribution in [0.15, 0.2) is 0 Å². The number of hydrogen-bond acceptors (Lipinski definition) is 3. The van der Waals surface area contributed by atoms with Crippen molar-refractivity contribution in [2.75, 3.05) is 13.2 Å². The first kappa shape index (κ1) is 7.88. The maximum Gasteiger partial charge on any atom is 0.0851 e. The van der Waals surface area contributed by atoms with Crippen LogP contribution >= 0.6 is 0 Å². The van der Waals surface area contributed by atoms with Gasteiger partial charge in [0.1, 0.15) is 0 Å². The normalized spacial score (nSPS) is 9.75. The summed E-state index contributed by atoms with van der Waals surface area (Å²) >= 11 is 0. The molecule has 0 amide bonds. The van der Waals surface area contributed by atoms with Crippen molar-refractivity contribution >= 4 is 0 Å². The second-order valence-electron chi connectivity index (χ2n) is 1.30. The Morgan fingerprint density at radius 1 is 1.12 bits per heavy atom. The summed E-state index contributed by atoms with van der Waals surface area (Å²) in [4.78, 5) is 8.91. The Kier molecular flexibility index (Phi) is 6.78. The summed E-state index contributed by atoms with van der Waals surface area (Å²) in [6.45, 7) is 4.92. The van der Waals surface area contributed by atoms with E-state index in [0.717, 1.165) is 6.42 Å². The minimum atomic E-state index is 0.518. The van der Waals surface area contributed by atoms with Gasteiger partial charge < -0.3 is 0 Å². The lowest BCUT2D eigenvalue weighted by atomic mass is 10.5. The van der Waals surface area contributed by atoms with Crippen molar-refractivity contribution in [3.8, 4) is 0 Å². The first-order valence-corrected chi connectivity index (χ1v) is 2.82. The molecule has 0 saturated carbocycles. The molecule has 0 radical (unpaired) electrons. The summed E-state index contributed by atoms with van der Waals surface area (Å²) in [5.74, 6) is 0. The lowest BCUT2D eigenvalue weighted by molar-refractivity contribution is -0.511. The third kappa shape index (κ3) is 5.88. The molecular formula is C5H12O3. The Morgan fingerprint density at radius 2 is 1.88 bits per heavy atom. The van der Waals surface area contributed by atoms with E-state index >= 15 is 0 Å². The van der Waals surface area contributed by atoms with Gasteiger partial charge in [0.25, 0.3) is 0 Å². The highest BCUT2D eigenvalue weighted by Crippen LogP contribution is 1.82. The van der Waals surface area contributed by atoms with Crippen LogP contribution in [0.25, 0.3) is 0 Å². The molecule has 0 aliphatic carbocycles. The van der Waals surface area contributed by atoms with Gasteiger partial charge in [-0.3, -0.25) is 0 Å². The molecule has 0 atom stereocenters. The summed E-state index contributed by atoms with van der Waals surface area (Å²) in [6, 6.07) is 0. The van der Waals surface area contributed by atoms with E-state index in [4.69, 9.17) is 0 Å². The third-order valence-corrected chi connectivity index (χ3v) is 0.502. The van der Waals surface area contributed by atoms with Crippen LogP contribution < -0.4 is 0 Å². The van der Waals surface area contributed by atoms with Gasteiger partial charge in [-0.25, -0.2) is 9.78 Å². The molecule has 0 aromatic carbocycles. The summed E-state index contributed by atoms with van der Waals surface area (Å²) in [5, 5.41) is 4.22. The van der Waals surface area contributed by atoms with E-state index in [9.17, 15) is 0 Å². The highest BCUT2D eigenvalue weighted by molar-refractivity contribution is 4.13. The fraction of sp³-hybridized carbons (Fsp3) is 1.00. The molecule has 3 heteroatoms. The molecule has 0 heterocycles. The molecule has 0 fully saturated rings. The number of hydrogen-bond donors (Lipinski definition) is 0. The third-order valence-electron chi connectivity index (χ3n) is 0.502. The summed E-state index contributed by atoms with van der Waals surface area (Å²) in [6.07, 6.45) is 0.938. The van der Waals surface area contributed by atoms with Gasteiger partial charge in [-0.2, -0.15) is 0 Å². The van der Waals surface area contributed by atoms with Crippen LogP contribution in [0.1, 0.15) is 20.3 Å². The van der Waals surface area contributed by atoms with E-state index < -0.39 is 0 Å². The van der Waals surface area contributed by atoms with Crippen molar-refractivity contribution in [2.24, 2.45) is 0 Å². The van der Waals surface area contributed by atoms with Crippen LogP contribution in [0.3, 0.4) is 0 Å². The molecule has 0 unspecified atom stereocenters. The van der Waals surface area contributed by atoms with Crippen molar-refractivity contribution < 1.29 is 14.8 Å². The zero-order valence-electron chi connectivity index (χ0n) is 5.35. The summed E-state index contributed by atoms with van der Waals surface area (Å²) in [5.41, 5.74) is 0. The molecule has 3 nitrogen and oxygen atoms in total. The van der Waals surface area contributed by atoms with Crippen LogP contribution in [0, 0.1) is 0 Å². The molecule has 0 rings (SSSR count). The smallest absolute Gasteiger partial charge is 0.0851 e. The van der Waals surface area contributed by atoms with Gasteiger partial charge in [0.15, 0.2) is 0 Å². The fourth-order valence-corrected chi connectivity index (χ4v) is 0.199. The van der Waals surface area contributed by atoms with Gasteiger partial charge in [0.05, 0.1) is 13.2 Å². The second-order valence-corrected chi connectivity index (χ2v) is 1.30. The van der Waals surface area contributed by atoms with Crippen LogP contribution in [-0.4, -0.2) is 13.2 Å². The molecule has 8 heavy (non-hydrogen) atoms. The van der Waals surface area contributed by atoms with Crippen molar-refractivity contribution in [3.05, 3.63) is 0 Å². The van der Waals surface area contributed by atoms with Crippen molar-refractivity contribution in [1.29, 1.82) is 0 Å².